The van der Waals surface area contributed by atoms with E-state index in [1.807, 2.05) is 0 Å². The number of hydrogen-bond acceptors (Lipinski definition) is 8. The summed E-state index contributed by atoms with van der Waals surface area (Å²) in [6, 6.07) is 4.89. The number of esters is 1. The summed E-state index contributed by atoms with van der Waals surface area (Å²) in [7, 11) is 0.235. The van der Waals surface area contributed by atoms with E-state index >= 15 is 0 Å². The second-order valence-electron chi connectivity index (χ2n) is 5.59. The molecule has 1 aromatic carbocycles. The number of thiol groups is 1. The molecule has 0 amide bonds. The first-order valence-corrected chi connectivity index (χ1v) is 10.2. The lowest BCUT2D eigenvalue weighted by molar-refractivity contribution is -0.132. The van der Waals surface area contributed by atoms with Crippen LogP contribution in [0.25, 0.3) is 11.3 Å². The lowest BCUT2D eigenvalue weighted by atomic mass is 10.1. The highest BCUT2D eigenvalue weighted by Crippen LogP contribution is 2.49. The molecule has 0 aliphatic rings. The van der Waals surface area contributed by atoms with Crippen molar-refractivity contribution in [1.29, 1.82) is 0 Å². The molecule has 0 aliphatic carbocycles. The summed E-state index contributed by atoms with van der Waals surface area (Å²) in [5.41, 5.74) is 0.439. The Morgan fingerprint density at radius 2 is 1.86 bits per heavy atom. The fourth-order valence-electron chi connectivity index (χ4n) is 2.42. The largest absolute Gasteiger partial charge is 0.502 e. The van der Waals surface area contributed by atoms with Crippen molar-refractivity contribution in [1.82, 2.24) is 4.72 Å². The first-order valence-electron chi connectivity index (χ1n) is 8.06. The van der Waals surface area contributed by atoms with Gasteiger partial charge in [-0.05, 0) is 18.6 Å². The molecule has 154 valence electrons. The summed E-state index contributed by atoms with van der Waals surface area (Å²) >= 11 is 3.37. The van der Waals surface area contributed by atoms with Crippen molar-refractivity contribution in [3.8, 4) is 34.3 Å². The average molecular weight is 478 g/mol. The van der Waals surface area contributed by atoms with Gasteiger partial charge in [0.25, 0.3) is 0 Å². The van der Waals surface area contributed by atoms with E-state index in [2.05, 4.69) is 20.7 Å². The smallest absolute Gasteiger partial charge is 0.308 e. The van der Waals surface area contributed by atoms with Crippen LogP contribution in [0.2, 0.25) is 0 Å². The molecule has 1 heterocycles. The molecule has 2 N–H and O–H groups in total. The maximum absolute atomic E-state index is 11.5. The van der Waals surface area contributed by atoms with Gasteiger partial charge in [0.1, 0.15) is 11.5 Å². The van der Waals surface area contributed by atoms with Gasteiger partial charge in [-0.15, -0.1) is 0 Å². The molecule has 0 radical (unpaired) electrons. The number of rotatable bonds is 9. The van der Waals surface area contributed by atoms with Crippen molar-refractivity contribution in [2.45, 2.75) is 18.2 Å². The number of methoxy groups -OCH3 is 2. The Labute approximate surface area is 171 Å². The highest BCUT2D eigenvalue weighted by molar-refractivity contribution is 9.09. The molecule has 0 bridgehead atoms. The number of halogens is 1. The van der Waals surface area contributed by atoms with Crippen molar-refractivity contribution in [2.75, 3.05) is 20.8 Å². The van der Waals surface area contributed by atoms with Crippen LogP contribution < -0.4 is 18.9 Å². The molecule has 11 heteroatoms. The third kappa shape index (κ3) is 5.40. The molecule has 0 spiro atoms. The molecule has 0 aliphatic heterocycles. The lowest BCUT2D eigenvalue weighted by Crippen LogP contribution is -2.14. The van der Waals surface area contributed by atoms with Crippen molar-refractivity contribution in [2.24, 2.45) is 0 Å². The maximum Gasteiger partial charge on any atom is 0.308 e. The minimum absolute atomic E-state index is 0.0516. The third-order valence-electron chi connectivity index (χ3n) is 3.65. The number of nitrogens with one attached hydrogen (secondary N) is 1. The Hall–Kier alpha value is -2.24. The van der Waals surface area contributed by atoms with Crippen LogP contribution in [-0.2, 0) is 15.7 Å². The highest BCUT2D eigenvalue weighted by Gasteiger charge is 2.28. The van der Waals surface area contributed by atoms with Crippen LogP contribution in [0.4, 0.5) is 0 Å². The Bertz CT molecular complexity index is 894. The van der Waals surface area contributed by atoms with Gasteiger partial charge >= 0.3 is 5.97 Å². The number of carbonyl (C=O) groups is 1. The molecule has 0 fully saturated rings. The molecule has 2 rings (SSSR count). The van der Waals surface area contributed by atoms with Crippen LogP contribution >= 0.6 is 15.9 Å². The molecule has 0 saturated carbocycles. The molecule has 1 atom stereocenters. The van der Waals surface area contributed by atoms with Gasteiger partial charge in [-0.2, -0.15) is 0 Å². The fourth-order valence-corrected chi connectivity index (χ4v) is 3.26. The van der Waals surface area contributed by atoms with Crippen molar-refractivity contribution >= 4 is 32.8 Å². The number of ether oxygens (including phenoxy) is 3. The maximum atomic E-state index is 11.5. The number of aromatic hydroxyl groups is 1. The molecular formula is C17H20BrNO8S. The summed E-state index contributed by atoms with van der Waals surface area (Å²) in [4.78, 5) is 10.9. The highest BCUT2D eigenvalue weighted by atomic mass is 79.9. The molecule has 2 aromatic rings. The van der Waals surface area contributed by atoms with Gasteiger partial charge < -0.3 is 23.7 Å². The number of furan rings is 1. The van der Waals surface area contributed by atoms with E-state index in [0.29, 0.717) is 17.1 Å². The van der Waals surface area contributed by atoms with E-state index in [1.165, 1.54) is 21.1 Å². The van der Waals surface area contributed by atoms with Gasteiger partial charge in [0.2, 0.25) is 22.4 Å². The van der Waals surface area contributed by atoms with E-state index in [4.69, 9.17) is 18.6 Å². The standard InChI is InChI=1S/C17H20BrNO8S/c1-9(20)26-17-14(21)15(10-6-11(24-2)8-12(7-10)25-3)27-16(17)13(18)4-5-19-28(22)23/h6-8,13,21,28H,4-5H2,1-3H3,(H,19,22,23). The van der Waals surface area contributed by atoms with Gasteiger partial charge in [0.15, 0.2) is 11.5 Å². The summed E-state index contributed by atoms with van der Waals surface area (Å²) in [5, 5.41) is 10.6. The van der Waals surface area contributed by atoms with Crippen LogP contribution in [0.1, 0.15) is 23.9 Å². The van der Waals surface area contributed by atoms with Crippen LogP contribution in [0, 0.1) is 0 Å². The SMILES string of the molecule is COc1cc(OC)cc(-c2oc(C(Br)CCN[SH](=O)=O)c(OC(C)=O)c2O)c1. The van der Waals surface area contributed by atoms with E-state index in [0.717, 1.165) is 0 Å². The molecule has 1 aromatic heterocycles. The minimum Gasteiger partial charge on any atom is -0.502 e. The molecule has 1 unspecified atom stereocenters. The Balaban J connectivity index is 2.49. The van der Waals surface area contributed by atoms with E-state index in [1.54, 1.807) is 18.2 Å². The second kappa shape index (κ2) is 9.80. The Morgan fingerprint density at radius 3 is 2.36 bits per heavy atom. The topological polar surface area (TPSA) is 124 Å². The van der Waals surface area contributed by atoms with Gasteiger partial charge in [-0.1, -0.05) is 15.9 Å². The van der Waals surface area contributed by atoms with Crippen molar-refractivity contribution < 1.29 is 36.9 Å². The molecule has 0 saturated heterocycles. The second-order valence-corrected chi connectivity index (χ2v) is 7.53. The van der Waals surface area contributed by atoms with Crippen LogP contribution in [0.5, 0.6) is 23.0 Å². The summed E-state index contributed by atoms with van der Waals surface area (Å²) < 4.78 is 44.9. The van der Waals surface area contributed by atoms with Crippen LogP contribution in [0.15, 0.2) is 22.6 Å². The summed E-state index contributed by atoms with van der Waals surface area (Å²) in [6.45, 7) is 1.31. The van der Waals surface area contributed by atoms with Gasteiger partial charge in [-0.25, -0.2) is 13.1 Å². The summed E-state index contributed by atoms with van der Waals surface area (Å²) in [6.07, 6.45) is 0.283. The lowest BCUT2D eigenvalue weighted by Gasteiger charge is -2.08. The van der Waals surface area contributed by atoms with E-state index in [-0.39, 0.29) is 36.0 Å². The fraction of sp³-hybridized carbons (Fsp3) is 0.353. The van der Waals surface area contributed by atoms with Gasteiger partial charge in [0, 0.05) is 25.1 Å². The van der Waals surface area contributed by atoms with Crippen LogP contribution in [0.3, 0.4) is 0 Å². The monoisotopic (exact) mass is 477 g/mol. The quantitative estimate of drug-likeness (QED) is 0.286. The molecule has 28 heavy (non-hydrogen) atoms. The Kier molecular flexibility index (Phi) is 7.72. The average Bonchev–Trinajstić information content (AvgIpc) is 2.97. The van der Waals surface area contributed by atoms with E-state index < -0.39 is 21.7 Å². The van der Waals surface area contributed by atoms with Crippen molar-refractivity contribution in [3.63, 3.8) is 0 Å². The van der Waals surface area contributed by atoms with Gasteiger partial charge in [0.05, 0.1) is 19.0 Å². The zero-order chi connectivity index (χ0) is 20.8. The first-order chi connectivity index (χ1) is 13.3. The predicted molar refractivity (Wildman–Crippen MR) is 105 cm³/mol. The molecular weight excluding hydrogens is 458 g/mol. The number of hydrogen-bond donors (Lipinski definition) is 3. The zero-order valence-corrected chi connectivity index (χ0v) is 17.8. The first kappa shape index (κ1) is 22.1. The van der Waals surface area contributed by atoms with Crippen LogP contribution in [-0.4, -0.2) is 40.3 Å². The number of benzene rings is 1. The summed E-state index contributed by atoms with van der Waals surface area (Å²) in [5.74, 6) is -0.0135. The zero-order valence-electron chi connectivity index (χ0n) is 15.4. The normalized spacial score (nSPS) is 12.0. The third-order valence-corrected chi connectivity index (χ3v) is 5.00. The van der Waals surface area contributed by atoms with Gasteiger partial charge in [-0.3, -0.25) is 4.79 Å². The number of carbonyl (C=O) groups excluding carboxylic acids is 1. The number of alkyl halides is 1. The predicted octanol–water partition coefficient (Wildman–Crippen LogP) is 2.54. The van der Waals surface area contributed by atoms with Crippen molar-refractivity contribution in [3.05, 3.63) is 24.0 Å². The molecule has 9 nitrogen and oxygen atoms in total. The Morgan fingerprint density at radius 1 is 1.25 bits per heavy atom. The van der Waals surface area contributed by atoms with E-state index in [9.17, 15) is 18.3 Å². The minimum atomic E-state index is -2.73.